The van der Waals surface area contributed by atoms with E-state index in [1.54, 1.807) is 13.2 Å². The predicted octanol–water partition coefficient (Wildman–Crippen LogP) is 2.29. The van der Waals surface area contributed by atoms with Crippen LogP contribution in [0.2, 0.25) is 0 Å². The molecule has 2 aromatic carbocycles. The molecular formula is C19H18N4O3. The summed E-state index contributed by atoms with van der Waals surface area (Å²) in [5, 5.41) is 6.08. The molecule has 1 atom stereocenters. The summed E-state index contributed by atoms with van der Waals surface area (Å²) in [5.74, 6) is 0.717. The van der Waals surface area contributed by atoms with E-state index in [-0.39, 0.29) is 17.6 Å². The van der Waals surface area contributed by atoms with E-state index >= 15 is 0 Å². The minimum absolute atomic E-state index is 0.0475. The highest BCUT2D eigenvalue weighted by Crippen LogP contribution is 2.33. The number of methoxy groups -OCH3 is 1. The smallest absolute Gasteiger partial charge is 0.347 e. The Morgan fingerprint density at radius 1 is 1.19 bits per heavy atom. The summed E-state index contributed by atoms with van der Waals surface area (Å²) in [4.78, 5) is 26.5. The molecule has 1 aliphatic rings. The number of carbonyl (C=O) groups excluding carboxylic acids is 1. The van der Waals surface area contributed by atoms with E-state index < -0.39 is 0 Å². The number of H-pyrrole nitrogens is 1. The summed E-state index contributed by atoms with van der Waals surface area (Å²) in [7, 11) is 1.62. The van der Waals surface area contributed by atoms with Crippen molar-refractivity contribution in [2.45, 2.75) is 19.5 Å². The number of hydrogen-bond donors (Lipinski definition) is 1. The Hall–Kier alpha value is -3.35. The van der Waals surface area contributed by atoms with Crippen molar-refractivity contribution in [3.8, 4) is 11.4 Å². The van der Waals surface area contributed by atoms with E-state index in [9.17, 15) is 9.59 Å². The fourth-order valence-corrected chi connectivity index (χ4v) is 3.29. The van der Waals surface area contributed by atoms with Crippen molar-refractivity contribution in [2.24, 2.45) is 0 Å². The lowest BCUT2D eigenvalue weighted by molar-refractivity contribution is 0.0715. The topological polar surface area (TPSA) is 80.2 Å². The molecule has 7 heteroatoms. The largest absolute Gasteiger partial charge is 0.497 e. The number of amides is 1. The number of aromatic amines is 1. The number of nitrogens with one attached hydrogen (secondary N) is 1. The first-order valence-corrected chi connectivity index (χ1v) is 8.28. The van der Waals surface area contributed by atoms with Crippen LogP contribution in [-0.2, 0) is 6.54 Å². The van der Waals surface area contributed by atoms with Gasteiger partial charge in [-0.05, 0) is 42.3 Å². The fourth-order valence-electron chi connectivity index (χ4n) is 3.29. The summed E-state index contributed by atoms with van der Waals surface area (Å²) in [6, 6.07) is 13.1. The SMILES string of the molecule is COc1cccc([C@@H](C)N2Cc3ccc(-n4cn[nH]c4=O)cc3C2=O)c1. The van der Waals surface area contributed by atoms with E-state index in [2.05, 4.69) is 10.2 Å². The number of nitrogens with zero attached hydrogens (tertiary/aromatic N) is 3. The van der Waals surface area contributed by atoms with Crippen molar-refractivity contribution >= 4 is 5.91 Å². The minimum Gasteiger partial charge on any atom is -0.497 e. The molecule has 26 heavy (non-hydrogen) atoms. The van der Waals surface area contributed by atoms with Gasteiger partial charge in [0.1, 0.15) is 12.1 Å². The summed E-state index contributed by atoms with van der Waals surface area (Å²) < 4.78 is 6.66. The average Bonchev–Trinajstić information content (AvgIpc) is 3.24. The van der Waals surface area contributed by atoms with Gasteiger partial charge in [-0.25, -0.2) is 14.5 Å². The molecule has 3 aromatic rings. The number of ether oxygens (including phenoxy) is 1. The molecule has 4 rings (SSSR count). The first kappa shape index (κ1) is 16.1. The predicted molar refractivity (Wildman–Crippen MR) is 95.5 cm³/mol. The Balaban J connectivity index is 1.66. The van der Waals surface area contributed by atoms with Crippen molar-refractivity contribution in [3.63, 3.8) is 0 Å². The van der Waals surface area contributed by atoms with Crippen LogP contribution in [0.3, 0.4) is 0 Å². The number of aromatic nitrogens is 3. The minimum atomic E-state index is -0.336. The molecule has 1 amide bonds. The summed E-state index contributed by atoms with van der Waals surface area (Å²) >= 11 is 0. The van der Waals surface area contributed by atoms with Gasteiger partial charge in [-0.3, -0.25) is 4.79 Å². The number of hydrogen-bond acceptors (Lipinski definition) is 4. The fraction of sp³-hybridized carbons (Fsp3) is 0.211. The van der Waals surface area contributed by atoms with Crippen LogP contribution in [0, 0.1) is 0 Å². The van der Waals surface area contributed by atoms with Crippen molar-refractivity contribution in [2.75, 3.05) is 7.11 Å². The van der Waals surface area contributed by atoms with Crippen molar-refractivity contribution in [1.82, 2.24) is 19.7 Å². The van der Waals surface area contributed by atoms with Gasteiger partial charge < -0.3 is 9.64 Å². The lowest BCUT2D eigenvalue weighted by atomic mass is 10.1. The van der Waals surface area contributed by atoms with E-state index in [0.29, 0.717) is 17.8 Å². The standard InChI is InChI=1S/C19H18N4O3/c1-12(13-4-3-5-16(8-13)26-2)22-10-14-6-7-15(9-17(14)18(22)24)23-11-20-21-19(23)25/h3-9,11-12H,10H2,1-2H3,(H,21,25)/t12-/m1/s1. The van der Waals surface area contributed by atoms with Gasteiger partial charge in [0.2, 0.25) is 0 Å². The highest BCUT2D eigenvalue weighted by molar-refractivity contribution is 5.99. The molecule has 0 fully saturated rings. The Kier molecular flexibility index (Phi) is 3.84. The maximum atomic E-state index is 13.0. The van der Waals surface area contributed by atoms with Crippen molar-refractivity contribution in [3.05, 3.63) is 76.0 Å². The molecule has 1 aromatic heterocycles. The van der Waals surface area contributed by atoms with Crippen LogP contribution < -0.4 is 10.4 Å². The van der Waals surface area contributed by atoms with Crippen molar-refractivity contribution < 1.29 is 9.53 Å². The first-order valence-electron chi connectivity index (χ1n) is 8.28. The third kappa shape index (κ3) is 2.57. The number of fused-ring (bicyclic) bond motifs is 1. The molecule has 1 N–H and O–H groups in total. The molecule has 2 heterocycles. The third-order valence-electron chi connectivity index (χ3n) is 4.80. The van der Waals surface area contributed by atoms with Crippen LogP contribution >= 0.6 is 0 Å². The van der Waals surface area contributed by atoms with Gasteiger partial charge in [-0.1, -0.05) is 18.2 Å². The molecular weight excluding hydrogens is 332 g/mol. The van der Waals surface area contributed by atoms with Gasteiger partial charge in [0.25, 0.3) is 5.91 Å². The maximum Gasteiger partial charge on any atom is 0.347 e. The zero-order valence-corrected chi connectivity index (χ0v) is 14.5. The molecule has 132 valence electrons. The van der Waals surface area contributed by atoms with Gasteiger partial charge in [0, 0.05) is 12.1 Å². The Bertz CT molecular complexity index is 1040. The monoisotopic (exact) mass is 350 g/mol. The van der Waals surface area contributed by atoms with Crippen LogP contribution in [0.5, 0.6) is 5.75 Å². The Morgan fingerprint density at radius 3 is 2.77 bits per heavy atom. The molecule has 0 radical (unpaired) electrons. The average molecular weight is 350 g/mol. The molecule has 0 aliphatic carbocycles. The number of benzene rings is 2. The zero-order chi connectivity index (χ0) is 18.3. The first-order chi connectivity index (χ1) is 12.6. The zero-order valence-electron chi connectivity index (χ0n) is 14.5. The highest BCUT2D eigenvalue weighted by Gasteiger charge is 2.31. The summed E-state index contributed by atoms with van der Waals surface area (Å²) in [6.07, 6.45) is 1.40. The Morgan fingerprint density at radius 2 is 2.04 bits per heavy atom. The van der Waals surface area contributed by atoms with E-state index in [0.717, 1.165) is 16.9 Å². The van der Waals surface area contributed by atoms with E-state index in [1.807, 2.05) is 48.2 Å². The quantitative estimate of drug-likeness (QED) is 0.783. The third-order valence-corrected chi connectivity index (χ3v) is 4.80. The highest BCUT2D eigenvalue weighted by atomic mass is 16.5. The van der Waals surface area contributed by atoms with Crippen LogP contribution in [-0.4, -0.2) is 32.7 Å². The van der Waals surface area contributed by atoms with Crippen molar-refractivity contribution in [1.29, 1.82) is 0 Å². The van der Waals surface area contributed by atoms with Gasteiger partial charge in [0.05, 0.1) is 18.8 Å². The molecule has 0 unspecified atom stereocenters. The summed E-state index contributed by atoms with van der Waals surface area (Å²) in [5.41, 5.74) is 2.86. The van der Waals surface area contributed by atoms with Gasteiger partial charge >= 0.3 is 5.69 Å². The summed E-state index contributed by atoms with van der Waals surface area (Å²) in [6.45, 7) is 2.53. The van der Waals surface area contributed by atoms with Gasteiger partial charge in [0.15, 0.2) is 0 Å². The number of rotatable bonds is 4. The van der Waals surface area contributed by atoms with Crippen LogP contribution in [0.1, 0.15) is 34.5 Å². The van der Waals surface area contributed by atoms with Gasteiger partial charge in [-0.15, -0.1) is 0 Å². The molecule has 7 nitrogen and oxygen atoms in total. The Labute approximate surface area is 149 Å². The number of carbonyl (C=O) groups is 1. The van der Waals surface area contributed by atoms with Crippen LogP contribution in [0.15, 0.2) is 53.6 Å². The molecule has 0 saturated carbocycles. The second kappa shape index (κ2) is 6.18. The molecule has 0 saturated heterocycles. The van der Waals surface area contributed by atoms with E-state index in [4.69, 9.17) is 4.74 Å². The van der Waals surface area contributed by atoms with Crippen LogP contribution in [0.4, 0.5) is 0 Å². The lowest BCUT2D eigenvalue weighted by Crippen LogP contribution is -2.27. The van der Waals surface area contributed by atoms with Crippen LogP contribution in [0.25, 0.3) is 5.69 Å². The maximum absolute atomic E-state index is 13.0. The normalized spacial score (nSPS) is 14.4. The molecule has 0 bridgehead atoms. The molecule has 1 aliphatic heterocycles. The second-order valence-corrected chi connectivity index (χ2v) is 6.26. The lowest BCUT2D eigenvalue weighted by Gasteiger charge is -2.25. The second-order valence-electron chi connectivity index (χ2n) is 6.26. The van der Waals surface area contributed by atoms with E-state index in [1.165, 1.54) is 10.9 Å². The molecule has 0 spiro atoms. The van der Waals surface area contributed by atoms with Gasteiger partial charge in [-0.2, -0.15) is 5.10 Å².